The van der Waals surface area contributed by atoms with Crippen LogP contribution in [0.15, 0.2) is 35.6 Å². The van der Waals surface area contributed by atoms with Crippen LogP contribution in [0.2, 0.25) is 0 Å². The molecule has 0 saturated carbocycles. The normalized spacial score (nSPS) is 28.3. The molecule has 2 N–H and O–H groups in total. The van der Waals surface area contributed by atoms with Crippen molar-refractivity contribution in [3.63, 3.8) is 0 Å². The summed E-state index contributed by atoms with van der Waals surface area (Å²) in [5.74, 6) is 0.846. The van der Waals surface area contributed by atoms with Gasteiger partial charge in [0.15, 0.2) is 17.3 Å². The highest BCUT2D eigenvalue weighted by atomic mass is 16.5. The van der Waals surface area contributed by atoms with E-state index < -0.39 is 5.41 Å². The average molecular weight is 313 g/mol. The lowest BCUT2D eigenvalue weighted by Crippen LogP contribution is -2.54. The van der Waals surface area contributed by atoms with E-state index in [1.807, 2.05) is 12.1 Å². The maximum Gasteiger partial charge on any atom is 0.220 e. The molecular weight excluding hydrogens is 294 g/mol. The van der Waals surface area contributed by atoms with Crippen LogP contribution in [0, 0.1) is 0 Å². The Morgan fingerprint density at radius 3 is 2.87 bits per heavy atom. The molecule has 1 aromatic carbocycles. The number of benzene rings is 1. The highest BCUT2D eigenvalue weighted by Gasteiger charge is 2.50. The summed E-state index contributed by atoms with van der Waals surface area (Å²) in [7, 11) is 3.05. The summed E-state index contributed by atoms with van der Waals surface area (Å²) < 4.78 is 10.6. The minimum absolute atomic E-state index is 0.113. The number of methoxy groups -OCH3 is 2. The van der Waals surface area contributed by atoms with Gasteiger partial charge < -0.3 is 19.9 Å². The number of nitrogens with one attached hydrogen (secondary N) is 1. The quantitative estimate of drug-likeness (QED) is 0.868. The molecule has 0 spiro atoms. The van der Waals surface area contributed by atoms with Crippen LogP contribution in [0.1, 0.15) is 17.5 Å². The number of phenols is 1. The van der Waals surface area contributed by atoms with Crippen LogP contribution in [-0.2, 0) is 21.4 Å². The Balaban J connectivity index is 2.03. The SMILES string of the molecule is COC1=C[C@@]23CCN[C@H](Cc4ccc(OC)c(O)c42)C3=CC1=O. The standard InChI is InChI=1S/C18H19NO4/c1-22-14-4-3-10-7-12-11-8-13(20)15(23-2)9-18(11,5-6-19-12)16(10)17(14)21/h3-4,8-9,12,19,21H,5-7H2,1-2H3/t12-,18-/m1/s1. The zero-order valence-electron chi connectivity index (χ0n) is 13.2. The molecule has 120 valence electrons. The third-order valence-corrected chi connectivity index (χ3v) is 5.24. The molecule has 5 nitrogen and oxygen atoms in total. The largest absolute Gasteiger partial charge is 0.504 e. The Morgan fingerprint density at radius 1 is 1.30 bits per heavy atom. The van der Waals surface area contributed by atoms with Crippen LogP contribution >= 0.6 is 0 Å². The first kappa shape index (κ1) is 14.3. The Kier molecular flexibility index (Phi) is 3.03. The van der Waals surface area contributed by atoms with Gasteiger partial charge in [0.25, 0.3) is 0 Å². The Hall–Kier alpha value is -2.27. The molecule has 1 aromatic rings. The fraction of sp³-hybridized carbons (Fsp3) is 0.389. The van der Waals surface area contributed by atoms with Gasteiger partial charge in [0.1, 0.15) is 0 Å². The molecule has 2 aliphatic carbocycles. The second kappa shape index (κ2) is 4.86. The number of carbonyl (C=O) groups excluding carboxylic acids is 1. The van der Waals surface area contributed by atoms with E-state index in [9.17, 15) is 9.90 Å². The van der Waals surface area contributed by atoms with E-state index in [4.69, 9.17) is 9.47 Å². The lowest BCUT2D eigenvalue weighted by molar-refractivity contribution is -0.114. The number of ketones is 1. The third-order valence-electron chi connectivity index (χ3n) is 5.24. The van der Waals surface area contributed by atoms with Crippen LogP contribution < -0.4 is 10.1 Å². The Labute approximate surface area is 134 Å². The second-order valence-electron chi connectivity index (χ2n) is 6.26. The monoisotopic (exact) mass is 313 g/mol. The number of allylic oxidation sites excluding steroid dienone is 2. The molecule has 1 heterocycles. The molecule has 0 aromatic heterocycles. The molecule has 1 saturated heterocycles. The first-order valence-electron chi connectivity index (χ1n) is 7.76. The van der Waals surface area contributed by atoms with E-state index in [0.717, 1.165) is 36.1 Å². The smallest absolute Gasteiger partial charge is 0.220 e. The van der Waals surface area contributed by atoms with Crippen molar-refractivity contribution in [2.24, 2.45) is 0 Å². The number of hydrogen-bond acceptors (Lipinski definition) is 5. The first-order valence-corrected chi connectivity index (χ1v) is 7.76. The minimum Gasteiger partial charge on any atom is -0.504 e. The summed E-state index contributed by atoms with van der Waals surface area (Å²) in [6.07, 6.45) is 5.08. The van der Waals surface area contributed by atoms with Crippen molar-refractivity contribution in [3.05, 3.63) is 46.7 Å². The van der Waals surface area contributed by atoms with Gasteiger partial charge in [0, 0.05) is 17.0 Å². The average Bonchev–Trinajstić information content (AvgIpc) is 2.54. The minimum atomic E-state index is -0.499. The number of piperidine rings is 1. The van der Waals surface area contributed by atoms with E-state index in [0.29, 0.717) is 11.5 Å². The van der Waals surface area contributed by atoms with Crippen molar-refractivity contribution in [1.29, 1.82) is 0 Å². The summed E-state index contributed by atoms with van der Waals surface area (Å²) in [5, 5.41) is 14.3. The summed E-state index contributed by atoms with van der Waals surface area (Å²) >= 11 is 0. The first-order chi connectivity index (χ1) is 11.1. The molecule has 5 heteroatoms. The number of rotatable bonds is 2. The van der Waals surface area contributed by atoms with Crippen LogP contribution in [0.3, 0.4) is 0 Å². The molecule has 1 fully saturated rings. The highest BCUT2D eigenvalue weighted by Crippen LogP contribution is 2.54. The number of phenolic OH excluding ortho intramolecular Hbond substituents is 1. The van der Waals surface area contributed by atoms with Crippen LogP contribution in [0.4, 0.5) is 0 Å². The van der Waals surface area contributed by atoms with Gasteiger partial charge in [-0.25, -0.2) is 0 Å². The molecule has 0 radical (unpaired) electrons. The van der Waals surface area contributed by atoms with Crippen LogP contribution in [0.25, 0.3) is 0 Å². The van der Waals surface area contributed by atoms with Gasteiger partial charge in [0.2, 0.25) is 5.78 Å². The Morgan fingerprint density at radius 2 is 2.13 bits per heavy atom. The lowest BCUT2D eigenvalue weighted by atomic mass is 9.59. The fourth-order valence-electron chi connectivity index (χ4n) is 4.25. The van der Waals surface area contributed by atoms with E-state index in [-0.39, 0.29) is 17.6 Å². The van der Waals surface area contributed by atoms with Crippen molar-refractivity contribution in [2.45, 2.75) is 24.3 Å². The number of hydrogen-bond donors (Lipinski definition) is 2. The van der Waals surface area contributed by atoms with Gasteiger partial charge in [-0.3, -0.25) is 4.79 Å². The highest BCUT2D eigenvalue weighted by molar-refractivity contribution is 6.05. The van der Waals surface area contributed by atoms with Crippen molar-refractivity contribution in [2.75, 3.05) is 20.8 Å². The molecule has 1 aliphatic heterocycles. The third kappa shape index (κ3) is 1.80. The van der Waals surface area contributed by atoms with Crippen molar-refractivity contribution in [3.8, 4) is 11.5 Å². The molecule has 3 aliphatic rings. The van der Waals surface area contributed by atoms with Crippen molar-refractivity contribution >= 4 is 5.78 Å². The number of aromatic hydroxyl groups is 1. The second-order valence-corrected chi connectivity index (χ2v) is 6.26. The molecule has 23 heavy (non-hydrogen) atoms. The van der Waals surface area contributed by atoms with E-state index in [2.05, 4.69) is 5.32 Å². The molecular formula is C18H19NO4. The van der Waals surface area contributed by atoms with Crippen LogP contribution in [-0.4, -0.2) is 37.7 Å². The molecule has 4 rings (SSSR count). The summed E-state index contributed by atoms with van der Waals surface area (Å²) in [4.78, 5) is 12.2. The number of fused-ring (bicyclic) bond motifs is 1. The zero-order valence-corrected chi connectivity index (χ0v) is 13.2. The molecule has 0 amide bonds. The summed E-state index contributed by atoms with van der Waals surface area (Å²) in [6, 6.07) is 3.91. The van der Waals surface area contributed by atoms with Gasteiger partial charge in [0.05, 0.1) is 14.2 Å². The van der Waals surface area contributed by atoms with Crippen LogP contribution in [0.5, 0.6) is 11.5 Å². The predicted octanol–water partition coefficient (Wildman–Crippen LogP) is 1.60. The van der Waals surface area contributed by atoms with Gasteiger partial charge in [-0.2, -0.15) is 0 Å². The van der Waals surface area contributed by atoms with E-state index in [1.54, 1.807) is 19.3 Å². The van der Waals surface area contributed by atoms with Crippen molar-refractivity contribution in [1.82, 2.24) is 5.32 Å². The summed E-state index contributed by atoms with van der Waals surface area (Å²) in [5.41, 5.74) is 2.45. The number of carbonyl (C=O) groups is 1. The number of ether oxygens (including phenoxy) is 2. The summed E-state index contributed by atoms with van der Waals surface area (Å²) in [6.45, 7) is 0.819. The lowest BCUT2D eigenvalue weighted by Gasteiger charge is -2.49. The Bertz CT molecular complexity index is 765. The van der Waals surface area contributed by atoms with Gasteiger partial charge in [-0.15, -0.1) is 0 Å². The zero-order chi connectivity index (χ0) is 16.2. The van der Waals surface area contributed by atoms with Gasteiger partial charge in [-0.1, -0.05) is 6.07 Å². The van der Waals surface area contributed by atoms with E-state index in [1.165, 1.54) is 7.11 Å². The van der Waals surface area contributed by atoms with Gasteiger partial charge >= 0.3 is 0 Å². The molecule has 2 bridgehead atoms. The van der Waals surface area contributed by atoms with Crippen molar-refractivity contribution < 1.29 is 19.4 Å². The van der Waals surface area contributed by atoms with E-state index >= 15 is 0 Å². The fourth-order valence-corrected chi connectivity index (χ4v) is 4.25. The topological polar surface area (TPSA) is 67.8 Å². The molecule has 2 atom stereocenters. The molecule has 0 unspecified atom stereocenters. The van der Waals surface area contributed by atoms with Gasteiger partial charge in [-0.05, 0) is 48.7 Å². The maximum absolute atomic E-state index is 12.2. The maximum atomic E-state index is 12.2. The predicted molar refractivity (Wildman–Crippen MR) is 84.6 cm³/mol.